The van der Waals surface area contributed by atoms with E-state index in [0.29, 0.717) is 17.8 Å². The molecule has 3 aromatic rings. The van der Waals surface area contributed by atoms with Crippen LogP contribution in [0.3, 0.4) is 0 Å². The predicted molar refractivity (Wildman–Crippen MR) is 107 cm³/mol. The van der Waals surface area contributed by atoms with Crippen molar-refractivity contribution in [1.82, 2.24) is 0 Å². The fourth-order valence-corrected chi connectivity index (χ4v) is 3.01. The summed E-state index contributed by atoms with van der Waals surface area (Å²) in [5, 5.41) is 7.97. The molecule has 1 aromatic heterocycles. The van der Waals surface area contributed by atoms with Gasteiger partial charge in [0.2, 0.25) is 0 Å². The number of nitrogens with one attached hydrogen (secondary N) is 1. The Morgan fingerprint density at radius 1 is 1.19 bits per heavy atom. The van der Waals surface area contributed by atoms with Gasteiger partial charge >= 0.3 is 5.63 Å². The first-order valence-electron chi connectivity index (χ1n) is 8.30. The summed E-state index contributed by atoms with van der Waals surface area (Å²) < 4.78 is 5.44. The van der Waals surface area contributed by atoms with Gasteiger partial charge in [0, 0.05) is 47.7 Å². The Morgan fingerprint density at radius 2 is 1.96 bits per heavy atom. The lowest BCUT2D eigenvalue weighted by Gasteiger charge is -2.20. The molecule has 1 heterocycles. The molecule has 0 aliphatic carbocycles. The summed E-state index contributed by atoms with van der Waals surface area (Å²) in [4.78, 5) is 14.0. The van der Waals surface area contributed by atoms with Gasteiger partial charge in [-0.3, -0.25) is 0 Å². The van der Waals surface area contributed by atoms with E-state index < -0.39 is 0 Å². The molecule has 0 saturated carbocycles. The van der Waals surface area contributed by atoms with Gasteiger partial charge in [-0.15, -0.1) is 0 Å². The molecule has 5 heteroatoms. The van der Waals surface area contributed by atoms with E-state index in [0.717, 1.165) is 34.0 Å². The third-order valence-corrected chi connectivity index (χ3v) is 4.32. The maximum Gasteiger partial charge on any atom is 0.336 e. The third-order valence-electron chi connectivity index (χ3n) is 4.32. The van der Waals surface area contributed by atoms with Crippen LogP contribution in [0.4, 0.5) is 5.69 Å². The van der Waals surface area contributed by atoms with E-state index in [4.69, 9.17) is 15.6 Å². The minimum atomic E-state index is -0.376. The highest BCUT2D eigenvalue weighted by Crippen LogP contribution is 2.31. The average Bonchev–Trinajstić information content (AvgIpc) is 2.61. The normalized spacial score (nSPS) is 11.5. The van der Waals surface area contributed by atoms with E-state index in [-0.39, 0.29) is 5.63 Å². The number of allylic oxidation sites excluding steroid dienone is 1. The Bertz CT molecular complexity index is 1050. The van der Waals surface area contributed by atoms with E-state index >= 15 is 0 Å². The highest BCUT2D eigenvalue weighted by atomic mass is 16.4. The molecule has 0 spiro atoms. The first-order chi connectivity index (χ1) is 12.5. The SMILES string of the molecule is Cc1ccccc1-c1cc(=O)oc2cc(N(C)C/C(N)=C/C=N)ccc12. The van der Waals surface area contributed by atoms with Gasteiger partial charge in [-0.2, -0.15) is 0 Å². The van der Waals surface area contributed by atoms with Crippen molar-refractivity contribution in [1.29, 1.82) is 5.41 Å². The molecule has 26 heavy (non-hydrogen) atoms. The summed E-state index contributed by atoms with van der Waals surface area (Å²) in [6.45, 7) is 2.50. The molecular weight excluding hydrogens is 326 g/mol. The number of likely N-dealkylation sites (N-methyl/N-ethyl adjacent to an activating group) is 1. The Kier molecular flexibility index (Phi) is 4.89. The van der Waals surface area contributed by atoms with Gasteiger partial charge < -0.3 is 20.5 Å². The van der Waals surface area contributed by atoms with Gasteiger partial charge in [-0.05, 0) is 36.3 Å². The van der Waals surface area contributed by atoms with Crippen LogP contribution in [0.5, 0.6) is 0 Å². The van der Waals surface area contributed by atoms with Crippen LogP contribution in [-0.2, 0) is 0 Å². The molecule has 0 saturated heterocycles. The number of hydrogen-bond donors (Lipinski definition) is 2. The number of anilines is 1. The quantitative estimate of drug-likeness (QED) is 0.544. The second kappa shape index (κ2) is 7.27. The largest absolute Gasteiger partial charge is 0.423 e. The topological polar surface area (TPSA) is 83.3 Å². The second-order valence-electron chi connectivity index (χ2n) is 6.24. The lowest BCUT2D eigenvalue weighted by atomic mass is 9.98. The number of rotatable bonds is 5. The van der Waals surface area contributed by atoms with Crippen molar-refractivity contribution in [2.45, 2.75) is 6.92 Å². The van der Waals surface area contributed by atoms with Crippen LogP contribution in [0.25, 0.3) is 22.1 Å². The number of benzene rings is 2. The van der Waals surface area contributed by atoms with Crippen molar-refractivity contribution < 1.29 is 4.42 Å². The molecule has 5 nitrogen and oxygen atoms in total. The van der Waals surface area contributed by atoms with Gasteiger partial charge in [-0.25, -0.2) is 4.79 Å². The van der Waals surface area contributed by atoms with E-state index in [1.165, 1.54) is 0 Å². The number of nitrogens with zero attached hydrogens (tertiary/aromatic N) is 1. The van der Waals surface area contributed by atoms with E-state index in [1.54, 1.807) is 12.1 Å². The molecule has 0 aliphatic heterocycles. The van der Waals surface area contributed by atoms with Crippen molar-refractivity contribution in [3.8, 4) is 11.1 Å². The molecule has 132 valence electrons. The summed E-state index contributed by atoms with van der Waals surface area (Å²) in [5.74, 6) is 0. The maximum atomic E-state index is 12.1. The first kappa shape index (κ1) is 17.5. The minimum absolute atomic E-state index is 0.376. The van der Waals surface area contributed by atoms with Crippen molar-refractivity contribution in [2.24, 2.45) is 5.73 Å². The summed E-state index contributed by atoms with van der Waals surface area (Å²) in [6, 6.07) is 15.3. The number of fused-ring (bicyclic) bond motifs is 1. The third kappa shape index (κ3) is 3.52. The highest BCUT2D eigenvalue weighted by molar-refractivity contribution is 5.95. The zero-order valence-corrected chi connectivity index (χ0v) is 14.8. The zero-order valence-electron chi connectivity index (χ0n) is 14.8. The monoisotopic (exact) mass is 347 g/mol. The lowest BCUT2D eigenvalue weighted by molar-refractivity contribution is 0.561. The highest BCUT2D eigenvalue weighted by Gasteiger charge is 2.11. The van der Waals surface area contributed by atoms with Gasteiger partial charge in [0.15, 0.2) is 0 Å². The molecular formula is C21H21N3O2. The standard InChI is InChI=1S/C21H21N3O2/c1-14-5-3-4-6-17(14)19-12-21(25)26-20-11-16(7-8-18(19)20)24(2)13-15(23)9-10-22/h3-12,22H,13,23H2,1-2H3/b15-9-,22-10?. The van der Waals surface area contributed by atoms with Gasteiger partial charge in [0.25, 0.3) is 0 Å². The van der Waals surface area contributed by atoms with Crippen LogP contribution in [0.15, 0.2) is 69.5 Å². The molecule has 3 N–H and O–H groups in total. The molecule has 0 bridgehead atoms. The van der Waals surface area contributed by atoms with Gasteiger partial charge in [0.05, 0.1) is 6.54 Å². The number of nitrogens with two attached hydrogens (primary N) is 1. The van der Waals surface area contributed by atoms with E-state index in [2.05, 4.69) is 0 Å². The summed E-state index contributed by atoms with van der Waals surface area (Å²) >= 11 is 0. The van der Waals surface area contributed by atoms with Crippen LogP contribution in [0.2, 0.25) is 0 Å². The summed E-state index contributed by atoms with van der Waals surface area (Å²) in [5.41, 5.74) is 10.5. The van der Waals surface area contributed by atoms with Crippen LogP contribution in [-0.4, -0.2) is 19.8 Å². The fourth-order valence-electron chi connectivity index (χ4n) is 3.01. The van der Waals surface area contributed by atoms with Crippen molar-refractivity contribution in [2.75, 3.05) is 18.5 Å². The molecule has 0 aliphatic rings. The second-order valence-corrected chi connectivity index (χ2v) is 6.24. The van der Waals surface area contributed by atoms with Crippen molar-refractivity contribution >= 4 is 22.9 Å². The minimum Gasteiger partial charge on any atom is -0.423 e. The van der Waals surface area contributed by atoms with Crippen molar-refractivity contribution in [3.63, 3.8) is 0 Å². The Balaban J connectivity index is 2.09. The predicted octanol–water partition coefficient (Wildman–Crippen LogP) is 3.70. The Morgan fingerprint density at radius 3 is 2.69 bits per heavy atom. The Hall–Kier alpha value is -3.34. The van der Waals surface area contributed by atoms with E-state index in [1.807, 2.05) is 61.3 Å². The average molecular weight is 347 g/mol. The van der Waals surface area contributed by atoms with Gasteiger partial charge in [0.1, 0.15) is 5.58 Å². The summed E-state index contributed by atoms with van der Waals surface area (Å²) in [6.07, 6.45) is 2.71. The molecule has 2 aromatic carbocycles. The number of hydrogen-bond acceptors (Lipinski definition) is 5. The molecule has 0 radical (unpaired) electrons. The van der Waals surface area contributed by atoms with Gasteiger partial charge in [-0.1, -0.05) is 24.3 Å². The van der Waals surface area contributed by atoms with Crippen LogP contribution >= 0.6 is 0 Å². The molecule has 0 atom stereocenters. The molecule has 0 unspecified atom stereocenters. The first-order valence-corrected chi connectivity index (χ1v) is 8.30. The zero-order chi connectivity index (χ0) is 18.7. The van der Waals surface area contributed by atoms with Crippen molar-refractivity contribution in [3.05, 3.63) is 76.3 Å². The van der Waals surface area contributed by atoms with Crippen LogP contribution < -0.4 is 16.3 Å². The molecule has 3 rings (SSSR count). The van der Waals surface area contributed by atoms with Crippen LogP contribution in [0, 0.1) is 12.3 Å². The molecule has 0 fully saturated rings. The van der Waals surface area contributed by atoms with Crippen LogP contribution in [0.1, 0.15) is 5.56 Å². The smallest absolute Gasteiger partial charge is 0.336 e. The lowest BCUT2D eigenvalue weighted by Crippen LogP contribution is -2.23. The summed E-state index contributed by atoms with van der Waals surface area (Å²) in [7, 11) is 1.90. The maximum absolute atomic E-state index is 12.1. The number of aryl methyl sites for hydroxylation is 1. The fraction of sp³-hybridized carbons (Fsp3) is 0.143. The van der Waals surface area contributed by atoms with E-state index in [9.17, 15) is 4.79 Å². The molecule has 0 amide bonds. The Labute approximate surface area is 151 Å².